The van der Waals surface area contributed by atoms with Crippen LogP contribution < -0.4 is 29.6 Å². The molecule has 0 aromatic heterocycles. The normalized spacial score (nSPS) is 11.5. The Bertz CT molecular complexity index is 415. The molecule has 0 saturated carbocycles. The molecule has 0 bridgehead atoms. The monoisotopic (exact) mass is 456 g/mol. The second-order valence-corrected chi connectivity index (χ2v) is 10.3. The molecule has 0 unspecified atom stereocenters. The summed E-state index contributed by atoms with van der Waals surface area (Å²) in [5, 5.41) is 8.73. The first kappa shape index (κ1) is 33.0. The molecule has 30 heavy (non-hydrogen) atoms. The summed E-state index contributed by atoms with van der Waals surface area (Å²) in [5.41, 5.74) is 0. The van der Waals surface area contributed by atoms with Gasteiger partial charge in [-0.25, -0.2) is 8.42 Å². The van der Waals surface area contributed by atoms with Crippen LogP contribution in [0.3, 0.4) is 0 Å². The first-order valence-electron chi connectivity index (χ1n) is 12.6. The quantitative estimate of drug-likeness (QED) is 0.135. The van der Waals surface area contributed by atoms with Crippen molar-refractivity contribution >= 4 is 10.1 Å². The molecular weight excluding hydrogens is 407 g/mol. The molecule has 1 N–H and O–H groups in total. The van der Waals surface area contributed by atoms with E-state index in [1.165, 1.54) is 116 Å². The van der Waals surface area contributed by atoms with Gasteiger partial charge >= 0.3 is 29.6 Å². The van der Waals surface area contributed by atoms with E-state index in [4.69, 9.17) is 5.11 Å². The third-order valence-electron chi connectivity index (χ3n) is 5.80. The van der Waals surface area contributed by atoms with Crippen LogP contribution in [-0.2, 0) is 10.1 Å². The van der Waals surface area contributed by atoms with E-state index < -0.39 is 10.1 Å². The van der Waals surface area contributed by atoms with Crippen molar-refractivity contribution in [2.24, 2.45) is 0 Å². The first-order valence-corrected chi connectivity index (χ1v) is 14.2. The number of rotatable bonds is 24. The van der Waals surface area contributed by atoms with Gasteiger partial charge in [0.25, 0.3) is 0 Å². The third kappa shape index (κ3) is 31.1. The SMILES string of the molecule is O=S(=O)([O-])CCCCCCCCCCCCCCCCCCCCCCCCO.[Na+]. The van der Waals surface area contributed by atoms with Crippen molar-refractivity contribution in [1.82, 2.24) is 0 Å². The van der Waals surface area contributed by atoms with Gasteiger partial charge in [0.1, 0.15) is 0 Å². The molecule has 0 atom stereocenters. The topological polar surface area (TPSA) is 77.4 Å². The van der Waals surface area contributed by atoms with Gasteiger partial charge in [-0.1, -0.05) is 128 Å². The Balaban J connectivity index is 0. The molecule has 4 nitrogen and oxygen atoms in total. The van der Waals surface area contributed by atoms with Crippen LogP contribution in [-0.4, -0.2) is 30.4 Å². The van der Waals surface area contributed by atoms with Crippen LogP contribution in [0.1, 0.15) is 141 Å². The van der Waals surface area contributed by atoms with Crippen LogP contribution in [0.25, 0.3) is 0 Å². The van der Waals surface area contributed by atoms with Gasteiger partial charge in [0, 0.05) is 12.4 Å². The van der Waals surface area contributed by atoms with E-state index in [1.807, 2.05) is 0 Å². The summed E-state index contributed by atoms with van der Waals surface area (Å²) in [6.45, 7) is 0.352. The van der Waals surface area contributed by atoms with Crippen molar-refractivity contribution in [1.29, 1.82) is 0 Å². The van der Waals surface area contributed by atoms with Crippen LogP contribution in [0, 0.1) is 0 Å². The van der Waals surface area contributed by atoms with Crippen molar-refractivity contribution in [2.45, 2.75) is 141 Å². The number of unbranched alkanes of at least 4 members (excludes halogenated alkanes) is 21. The van der Waals surface area contributed by atoms with Crippen LogP contribution >= 0.6 is 0 Å². The summed E-state index contributed by atoms with van der Waals surface area (Å²) in [7, 11) is -4.01. The van der Waals surface area contributed by atoms with Crippen molar-refractivity contribution in [3.63, 3.8) is 0 Å². The van der Waals surface area contributed by atoms with Gasteiger partial charge in [-0.15, -0.1) is 0 Å². The second kappa shape index (κ2) is 26.1. The molecule has 0 aliphatic rings. The average molecular weight is 457 g/mol. The molecule has 0 amide bonds. The predicted molar refractivity (Wildman–Crippen MR) is 123 cm³/mol. The molecule has 0 aromatic carbocycles. The Morgan fingerprint density at radius 3 is 0.833 bits per heavy atom. The van der Waals surface area contributed by atoms with Gasteiger partial charge in [0.05, 0.1) is 10.1 Å². The molecule has 0 heterocycles. The van der Waals surface area contributed by atoms with Crippen LogP contribution in [0.5, 0.6) is 0 Å². The standard InChI is InChI=1S/C24H50O4S.Na/c25-23-21-19-17-15-13-11-9-7-5-3-1-2-4-6-8-10-12-14-16-18-20-22-24-29(26,27)28;/h25H,1-24H2,(H,26,27,28);/q;+1/p-1. The zero-order chi connectivity index (χ0) is 21.5. The molecule has 0 spiro atoms. The fourth-order valence-electron chi connectivity index (χ4n) is 3.93. The molecule has 0 rings (SSSR count). The van der Waals surface area contributed by atoms with Crippen molar-refractivity contribution < 1.29 is 47.6 Å². The summed E-state index contributed by atoms with van der Waals surface area (Å²) in [5.74, 6) is -0.195. The van der Waals surface area contributed by atoms with E-state index in [1.54, 1.807) is 0 Å². The van der Waals surface area contributed by atoms with Gasteiger partial charge in [-0.3, -0.25) is 0 Å². The summed E-state index contributed by atoms with van der Waals surface area (Å²) >= 11 is 0. The molecule has 0 aliphatic heterocycles. The minimum absolute atomic E-state index is 0. The average Bonchev–Trinajstić information content (AvgIpc) is 2.67. The molecule has 0 aliphatic carbocycles. The maximum absolute atomic E-state index is 10.5. The van der Waals surface area contributed by atoms with Crippen LogP contribution in [0.2, 0.25) is 0 Å². The van der Waals surface area contributed by atoms with E-state index in [0.717, 1.165) is 19.3 Å². The van der Waals surface area contributed by atoms with Crippen molar-refractivity contribution in [3.05, 3.63) is 0 Å². The summed E-state index contributed by atoms with van der Waals surface area (Å²) in [6.07, 6.45) is 27.6. The summed E-state index contributed by atoms with van der Waals surface area (Å²) < 4.78 is 31.5. The van der Waals surface area contributed by atoms with Gasteiger partial charge < -0.3 is 9.66 Å². The van der Waals surface area contributed by atoms with Crippen molar-refractivity contribution in [2.75, 3.05) is 12.4 Å². The van der Waals surface area contributed by atoms with Gasteiger partial charge in [0.15, 0.2) is 0 Å². The molecule has 0 saturated heterocycles. The number of hydrogen-bond donors (Lipinski definition) is 1. The van der Waals surface area contributed by atoms with E-state index in [0.29, 0.717) is 13.0 Å². The molecule has 0 fully saturated rings. The molecular formula is C24H49NaO4S. The number of aliphatic hydroxyl groups is 1. The maximum atomic E-state index is 10.5. The number of hydrogen-bond acceptors (Lipinski definition) is 4. The Kier molecular flexibility index (Phi) is 28.8. The molecule has 176 valence electrons. The smallest absolute Gasteiger partial charge is 0.748 e. The van der Waals surface area contributed by atoms with E-state index in [-0.39, 0.29) is 35.3 Å². The van der Waals surface area contributed by atoms with Gasteiger partial charge in [-0.05, 0) is 12.8 Å². The molecule has 6 heteroatoms. The number of aliphatic hydroxyl groups excluding tert-OH is 1. The second-order valence-electron chi connectivity index (χ2n) is 8.76. The Morgan fingerprint density at radius 2 is 0.633 bits per heavy atom. The third-order valence-corrected chi connectivity index (χ3v) is 6.59. The van der Waals surface area contributed by atoms with Gasteiger partial charge in [0.2, 0.25) is 0 Å². The fraction of sp³-hybridized carbons (Fsp3) is 1.00. The summed E-state index contributed by atoms with van der Waals surface area (Å²) in [4.78, 5) is 0. The van der Waals surface area contributed by atoms with E-state index in [9.17, 15) is 13.0 Å². The summed E-state index contributed by atoms with van der Waals surface area (Å²) in [6, 6.07) is 0. The minimum atomic E-state index is -4.01. The van der Waals surface area contributed by atoms with E-state index >= 15 is 0 Å². The Labute approximate surface area is 210 Å². The molecule has 0 aromatic rings. The minimum Gasteiger partial charge on any atom is -0.748 e. The van der Waals surface area contributed by atoms with Gasteiger partial charge in [-0.2, -0.15) is 0 Å². The Morgan fingerprint density at radius 1 is 0.433 bits per heavy atom. The van der Waals surface area contributed by atoms with Crippen LogP contribution in [0.4, 0.5) is 0 Å². The zero-order valence-electron chi connectivity index (χ0n) is 20.1. The van der Waals surface area contributed by atoms with Crippen molar-refractivity contribution in [3.8, 4) is 0 Å². The largest absolute Gasteiger partial charge is 1.00 e. The predicted octanol–water partition coefficient (Wildman–Crippen LogP) is 4.11. The first-order chi connectivity index (χ1) is 14.1. The van der Waals surface area contributed by atoms with Crippen LogP contribution in [0.15, 0.2) is 0 Å². The Hall–Kier alpha value is 0.870. The fourth-order valence-corrected chi connectivity index (χ4v) is 4.48. The zero-order valence-corrected chi connectivity index (χ0v) is 22.9. The molecule has 0 radical (unpaired) electrons. The van der Waals surface area contributed by atoms with E-state index in [2.05, 4.69) is 0 Å². The maximum Gasteiger partial charge on any atom is 1.00 e.